The third kappa shape index (κ3) is 4.13. The highest BCUT2D eigenvalue weighted by atomic mass is 32.2. The lowest BCUT2D eigenvalue weighted by atomic mass is 10.4. The average Bonchev–Trinajstić information content (AvgIpc) is 2.58. The zero-order valence-corrected chi connectivity index (χ0v) is 10.4. The van der Waals surface area contributed by atoms with Crippen LogP contribution < -0.4 is 5.32 Å². The van der Waals surface area contributed by atoms with Crippen LogP contribution in [0.1, 0.15) is 12.7 Å². The van der Waals surface area contributed by atoms with Gasteiger partial charge in [-0.3, -0.25) is 4.21 Å². The van der Waals surface area contributed by atoms with Crippen LogP contribution in [-0.2, 0) is 17.3 Å². The molecule has 1 heterocycles. The number of rotatable bonds is 6. The molecule has 4 nitrogen and oxygen atoms in total. The van der Waals surface area contributed by atoms with E-state index < -0.39 is 10.8 Å². The van der Waals surface area contributed by atoms with Gasteiger partial charge in [0.1, 0.15) is 5.82 Å². The Morgan fingerprint density at radius 3 is 2.93 bits per heavy atom. The van der Waals surface area contributed by atoms with Crippen molar-refractivity contribution in [1.82, 2.24) is 14.9 Å². The van der Waals surface area contributed by atoms with Crippen LogP contribution in [-0.4, -0.2) is 38.4 Å². The van der Waals surface area contributed by atoms with Crippen molar-refractivity contribution in [2.45, 2.75) is 25.6 Å². The van der Waals surface area contributed by atoms with E-state index in [2.05, 4.69) is 14.9 Å². The van der Waals surface area contributed by atoms with E-state index in [0.29, 0.717) is 0 Å². The van der Waals surface area contributed by atoms with Crippen LogP contribution in [0.15, 0.2) is 12.4 Å². The first-order valence-electron chi connectivity index (χ1n) is 5.12. The fraction of sp³-hybridized carbons (Fsp3) is 0.700. The zero-order valence-electron chi connectivity index (χ0n) is 9.56. The van der Waals surface area contributed by atoms with Crippen LogP contribution in [0.25, 0.3) is 0 Å². The molecule has 0 amide bonds. The quantitative estimate of drug-likeness (QED) is 0.725. The molecule has 0 saturated heterocycles. The van der Waals surface area contributed by atoms with E-state index in [-0.39, 0.29) is 5.25 Å². The summed E-state index contributed by atoms with van der Waals surface area (Å²) in [6, 6.07) is 0. The second-order valence-corrected chi connectivity index (χ2v) is 5.48. The van der Waals surface area contributed by atoms with Crippen LogP contribution in [0, 0.1) is 6.92 Å². The van der Waals surface area contributed by atoms with Gasteiger partial charge in [0.15, 0.2) is 0 Å². The molecule has 0 spiro atoms. The highest BCUT2D eigenvalue weighted by Gasteiger charge is 2.04. The zero-order chi connectivity index (χ0) is 11.3. The SMILES string of the molecule is Cc1nccn1CCNCC(C)S(C)=O. The Morgan fingerprint density at radius 2 is 2.40 bits per heavy atom. The van der Waals surface area contributed by atoms with Crippen LogP contribution in [0.3, 0.4) is 0 Å². The normalized spacial score (nSPS) is 15.1. The van der Waals surface area contributed by atoms with Gasteiger partial charge >= 0.3 is 0 Å². The van der Waals surface area contributed by atoms with Crippen LogP contribution in [0.4, 0.5) is 0 Å². The summed E-state index contributed by atoms with van der Waals surface area (Å²) < 4.78 is 13.2. The summed E-state index contributed by atoms with van der Waals surface area (Å²) >= 11 is 0. The summed E-state index contributed by atoms with van der Waals surface area (Å²) in [6.45, 7) is 6.58. The molecule has 1 rings (SSSR count). The molecule has 2 atom stereocenters. The maximum Gasteiger partial charge on any atom is 0.105 e. The molecule has 15 heavy (non-hydrogen) atoms. The topological polar surface area (TPSA) is 46.9 Å². The third-order valence-electron chi connectivity index (χ3n) is 2.45. The maximum atomic E-state index is 11.1. The predicted molar refractivity (Wildman–Crippen MR) is 63.4 cm³/mol. The van der Waals surface area contributed by atoms with Crippen molar-refractivity contribution in [2.24, 2.45) is 0 Å². The lowest BCUT2D eigenvalue weighted by molar-refractivity contribution is 0.582. The average molecular weight is 229 g/mol. The van der Waals surface area contributed by atoms with Gasteiger partial charge in [0.2, 0.25) is 0 Å². The second-order valence-electron chi connectivity index (χ2n) is 3.68. The maximum absolute atomic E-state index is 11.1. The molecule has 2 unspecified atom stereocenters. The second kappa shape index (κ2) is 6.02. The van der Waals surface area contributed by atoms with Gasteiger partial charge in [-0.1, -0.05) is 0 Å². The minimum Gasteiger partial charge on any atom is -0.334 e. The van der Waals surface area contributed by atoms with Crippen molar-refractivity contribution < 1.29 is 4.21 Å². The fourth-order valence-electron chi connectivity index (χ4n) is 1.26. The minimum atomic E-state index is -0.737. The summed E-state index contributed by atoms with van der Waals surface area (Å²) in [4.78, 5) is 4.15. The number of hydrogen-bond donors (Lipinski definition) is 1. The van der Waals surface area contributed by atoms with Crippen molar-refractivity contribution in [3.63, 3.8) is 0 Å². The van der Waals surface area contributed by atoms with E-state index in [1.807, 2.05) is 20.0 Å². The van der Waals surface area contributed by atoms with E-state index in [1.165, 1.54) is 0 Å². The van der Waals surface area contributed by atoms with Crippen LogP contribution >= 0.6 is 0 Å². The van der Waals surface area contributed by atoms with Crippen molar-refractivity contribution in [3.05, 3.63) is 18.2 Å². The highest BCUT2D eigenvalue weighted by molar-refractivity contribution is 7.84. The number of nitrogens with one attached hydrogen (secondary N) is 1. The molecule has 1 N–H and O–H groups in total. The molecule has 0 radical (unpaired) electrons. The lowest BCUT2D eigenvalue weighted by Gasteiger charge is -2.10. The Bertz CT molecular complexity index is 324. The monoisotopic (exact) mass is 229 g/mol. The molecule has 5 heteroatoms. The molecular weight excluding hydrogens is 210 g/mol. The molecule has 0 aliphatic carbocycles. The summed E-state index contributed by atoms with van der Waals surface area (Å²) in [5.41, 5.74) is 0. The lowest BCUT2D eigenvalue weighted by Crippen LogP contribution is -2.30. The minimum absolute atomic E-state index is 0.217. The van der Waals surface area contributed by atoms with Gasteiger partial charge in [-0.15, -0.1) is 0 Å². The smallest absolute Gasteiger partial charge is 0.105 e. The Labute approximate surface area is 93.5 Å². The third-order valence-corrected chi connectivity index (χ3v) is 3.75. The fourth-order valence-corrected chi connectivity index (χ4v) is 1.61. The molecule has 0 aliphatic rings. The molecule has 1 aromatic heterocycles. The summed E-state index contributed by atoms with van der Waals surface area (Å²) in [6.07, 6.45) is 5.52. The standard InChI is InChI=1S/C10H19N3OS/c1-9(15(3)14)8-11-4-6-13-7-5-12-10(13)2/h5,7,9,11H,4,6,8H2,1-3H3. The molecule has 86 valence electrons. The van der Waals surface area contributed by atoms with Gasteiger partial charge in [0, 0.05) is 54.3 Å². The number of aromatic nitrogens is 2. The van der Waals surface area contributed by atoms with Gasteiger partial charge in [-0.2, -0.15) is 0 Å². The van der Waals surface area contributed by atoms with E-state index in [4.69, 9.17) is 0 Å². The number of nitrogens with zero attached hydrogens (tertiary/aromatic N) is 2. The summed E-state index contributed by atoms with van der Waals surface area (Å²) in [5, 5.41) is 3.51. The Kier molecular flexibility index (Phi) is 4.98. The van der Waals surface area contributed by atoms with E-state index in [1.54, 1.807) is 12.5 Å². The van der Waals surface area contributed by atoms with E-state index >= 15 is 0 Å². The molecule has 0 bridgehead atoms. The molecule has 1 aromatic rings. The number of hydrogen-bond acceptors (Lipinski definition) is 3. The largest absolute Gasteiger partial charge is 0.334 e. The number of imidazole rings is 1. The van der Waals surface area contributed by atoms with Gasteiger partial charge < -0.3 is 9.88 Å². The molecule has 0 aromatic carbocycles. The van der Waals surface area contributed by atoms with Crippen molar-refractivity contribution >= 4 is 10.8 Å². The Hall–Kier alpha value is -0.680. The Balaban J connectivity index is 2.17. The molecule has 0 saturated carbocycles. The van der Waals surface area contributed by atoms with E-state index in [0.717, 1.165) is 25.5 Å². The van der Waals surface area contributed by atoms with Crippen molar-refractivity contribution in [3.8, 4) is 0 Å². The van der Waals surface area contributed by atoms with Crippen molar-refractivity contribution in [2.75, 3.05) is 19.3 Å². The molecule has 0 aliphatic heterocycles. The summed E-state index contributed by atoms with van der Waals surface area (Å²) in [5.74, 6) is 1.03. The molecular formula is C10H19N3OS. The van der Waals surface area contributed by atoms with Crippen molar-refractivity contribution in [1.29, 1.82) is 0 Å². The van der Waals surface area contributed by atoms with Crippen LogP contribution in [0.2, 0.25) is 0 Å². The number of aryl methyl sites for hydroxylation is 1. The van der Waals surface area contributed by atoms with Gasteiger partial charge in [-0.25, -0.2) is 4.98 Å². The van der Waals surface area contributed by atoms with Crippen LogP contribution in [0.5, 0.6) is 0 Å². The first kappa shape index (κ1) is 12.4. The van der Waals surface area contributed by atoms with Gasteiger partial charge in [0.25, 0.3) is 0 Å². The van der Waals surface area contributed by atoms with Gasteiger partial charge in [0.05, 0.1) is 0 Å². The summed E-state index contributed by atoms with van der Waals surface area (Å²) in [7, 11) is -0.737. The van der Waals surface area contributed by atoms with Gasteiger partial charge in [-0.05, 0) is 13.8 Å². The highest BCUT2D eigenvalue weighted by Crippen LogP contribution is 1.94. The first-order chi connectivity index (χ1) is 7.11. The first-order valence-corrected chi connectivity index (χ1v) is 6.74. The molecule has 0 fully saturated rings. The predicted octanol–water partition coefficient (Wildman–Crippen LogP) is 0.548. The Morgan fingerprint density at radius 1 is 1.67 bits per heavy atom. The van der Waals surface area contributed by atoms with E-state index in [9.17, 15) is 4.21 Å².